The molecule has 0 radical (unpaired) electrons. The smallest absolute Gasteiger partial charge is 0.00963 e. The van der Waals surface area contributed by atoms with Crippen molar-refractivity contribution in [2.75, 3.05) is 0 Å². The lowest BCUT2D eigenvalue weighted by atomic mass is 9.86. The SMILES string of the molecule is CC/C=C/c1c(CCCC)c2cc(C)c(C)cc2c2cc(C)c(C)cc12. The zero-order chi connectivity index (χ0) is 18.8. The quantitative estimate of drug-likeness (QED) is 0.411. The van der Waals surface area contributed by atoms with Crippen LogP contribution in [0.4, 0.5) is 0 Å². The molecule has 0 heteroatoms. The Labute approximate surface area is 158 Å². The van der Waals surface area contributed by atoms with Crippen LogP contribution in [-0.2, 0) is 6.42 Å². The Hall–Kier alpha value is -2.08. The highest BCUT2D eigenvalue weighted by Gasteiger charge is 2.14. The van der Waals surface area contributed by atoms with Gasteiger partial charge in [0.1, 0.15) is 0 Å². The molecular formula is C26H32. The molecule has 0 aliphatic rings. The van der Waals surface area contributed by atoms with Crippen molar-refractivity contribution in [2.24, 2.45) is 0 Å². The molecule has 3 rings (SSSR count). The maximum absolute atomic E-state index is 2.42. The number of fused-ring (bicyclic) bond motifs is 3. The molecule has 0 bridgehead atoms. The van der Waals surface area contributed by atoms with E-state index in [0.29, 0.717) is 0 Å². The van der Waals surface area contributed by atoms with Gasteiger partial charge in [0.2, 0.25) is 0 Å². The summed E-state index contributed by atoms with van der Waals surface area (Å²) in [7, 11) is 0. The molecule has 0 aliphatic heterocycles. The van der Waals surface area contributed by atoms with E-state index < -0.39 is 0 Å². The maximum atomic E-state index is 2.42. The third-order valence-corrected chi connectivity index (χ3v) is 5.80. The molecule has 136 valence electrons. The molecule has 0 amide bonds. The van der Waals surface area contributed by atoms with Gasteiger partial charge in [-0.05, 0) is 102 Å². The van der Waals surface area contributed by atoms with Gasteiger partial charge in [-0.3, -0.25) is 0 Å². The first-order valence-corrected chi connectivity index (χ1v) is 10.1. The molecule has 0 spiro atoms. The monoisotopic (exact) mass is 344 g/mol. The Balaban J connectivity index is 2.52. The molecule has 26 heavy (non-hydrogen) atoms. The number of allylic oxidation sites excluding steroid dienone is 1. The van der Waals surface area contributed by atoms with Crippen LogP contribution in [0.2, 0.25) is 0 Å². The largest absolute Gasteiger partial charge is 0.0842 e. The number of benzene rings is 3. The Kier molecular flexibility index (Phi) is 5.51. The first kappa shape index (κ1) is 18.7. The van der Waals surface area contributed by atoms with E-state index in [-0.39, 0.29) is 0 Å². The Morgan fingerprint density at radius 2 is 1.19 bits per heavy atom. The molecule has 0 saturated carbocycles. The summed E-state index contributed by atoms with van der Waals surface area (Å²) in [6, 6.07) is 9.64. The average molecular weight is 345 g/mol. The minimum atomic E-state index is 1.07. The number of rotatable bonds is 5. The average Bonchev–Trinajstić information content (AvgIpc) is 2.61. The standard InChI is InChI=1S/C26H32/c1-7-9-11-21-22(12-10-8-2)24-14-18(4)20(6)16-26(24)25-15-19(5)17(3)13-23(21)25/h9,11,13-16H,7-8,10,12H2,1-6H3/b11-9+. The molecule has 0 nitrogen and oxygen atoms in total. The van der Waals surface area contributed by atoms with Crippen LogP contribution in [0.25, 0.3) is 27.6 Å². The molecule has 0 saturated heterocycles. The van der Waals surface area contributed by atoms with Gasteiger partial charge >= 0.3 is 0 Å². The summed E-state index contributed by atoms with van der Waals surface area (Å²) in [5.74, 6) is 0. The fraction of sp³-hybridized carbons (Fsp3) is 0.385. The minimum absolute atomic E-state index is 1.07. The Bertz CT molecular complexity index is 986. The maximum Gasteiger partial charge on any atom is -0.00963 e. The number of unbranched alkanes of at least 4 members (excludes halogenated alkanes) is 1. The highest BCUT2D eigenvalue weighted by Crippen LogP contribution is 2.37. The predicted molar refractivity (Wildman–Crippen MR) is 118 cm³/mol. The van der Waals surface area contributed by atoms with Crippen LogP contribution in [0.5, 0.6) is 0 Å². The molecule has 0 N–H and O–H groups in total. The van der Waals surface area contributed by atoms with Crippen LogP contribution in [0.1, 0.15) is 66.5 Å². The lowest BCUT2D eigenvalue weighted by molar-refractivity contribution is 0.798. The van der Waals surface area contributed by atoms with Gasteiger partial charge in [-0.15, -0.1) is 0 Å². The fourth-order valence-electron chi connectivity index (χ4n) is 3.91. The van der Waals surface area contributed by atoms with Crippen molar-refractivity contribution in [1.82, 2.24) is 0 Å². The van der Waals surface area contributed by atoms with Crippen molar-refractivity contribution in [3.05, 3.63) is 63.7 Å². The zero-order valence-corrected chi connectivity index (χ0v) is 17.3. The number of hydrogen-bond donors (Lipinski definition) is 0. The number of aryl methyl sites for hydroxylation is 5. The fourth-order valence-corrected chi connectivity index (χ4v) is 3.91. The Morgan fingerprint density at radius 1 is 0.692 bits per heavy atom. The first-order chi connectivity index (χ1) is 12.5. The van der Waals surface area contributed by atoms with Crippen molar-refractivity contribution < 1.29 is 0 Å². The van der Waals surface area contributed by atoms with Gasteiger partial charge in [0.25, 0.3) is 0 Å². The molecule has 0 atom stereocenters. The first-order valence-electron chi connectivity index (χ1n) is 10.1. The molecule has 0 fully saturated rings. The second kappa shape index (κ2) is 7.66. The van der Waals surface area contributed by atoms with Crippen LogP contribution < -0.4 is 0 Å². The van der Waals surface area contributed by atoms with E-state index in [1.807, 2.05) is 0 Å². The van der Waals surface area contributed by atoms with Crippen molar-refractivity contribution in [3.8, 4) is 0 Å². The molecular weight excluding hydrogens is 312 g/mol. The molecule has 0 heterocycles. The van der Waals surface area contributed by atoms with Crippen molar-refractivity contribution in [3.63, 3.8) is 0 Å². The summed E-state index contributed by atoms with van der Waals surface area (Å²) in [5.41, 5.74) is 8.51. The third-order valence-electron chi connectivity index (χ3n) is 5.80. The van der Waals surface area contributed by atoms with E-state index in [1.165, 1.54) is 67.8 Å². The highest BCUT2D eigenvalue weighted by atomic mass is 14.2. The summed E-state index contributed by atoms with van der Waals surface area (Å²) in [6.07, 6.45) is 9.38. The van der Waals surface area contributed by atoms with Gasteiger partial charge < -0.3 is 0 Å². The normalized spacial score (nSPS) is 11.9. The van der Waals surface area contributed by atoms with Crippen molar-refractivity contribution in [2.45, 2.75) is 67.2 Å². The van der Waals surface area contributed by atoms with E-state index in [4.69, 9.17) is 0 Å². The summed E-state index contributed by atoms with van der Waals surface area (Å²) in [6.45, 7) is 13.4. The molecule has 3 aromatic rings. The van der Waals surface area contributed by atoms with Gasteiger partial charge in [0.15, 0.2) is 0 Å². The molecule has 0 aromatic heterocycles. The van der Waals surface area contributed by atoms with Gasteiger partial charge in [-0.25, -0.2) is 0 Å². The van der Waals surface area contributed by atoms with Crippen LogP contribution in [0, 0.1) is 27.7 Å². The Morgan fingerprint density at radius 3 is 1.73 bits per heavy atom. The molecule has 3 aromatic carbocycles. The predicted octanol–water partition coefficient (Wildman–Crippen LogP) is 7.99. The van der Waals surface area contributed by atoms with Crippen molar-refractivity contribution >= 4 is 27.6 Å². The third kappa shape index (κ3) is 3.30. The van der Waals surface area contributed by atoms with Crippen molar-refractivity contribution in [1.29, 1.82) is 0 Å². The van der Waals surface area contributed by atoms with Crippen LogP contribution in [0.15, 0.2) is 30.3 Å². The minimum Gasteiger partial charge on any atom is -0.0842 e. The van der Waals surface area contributed by atoms with E-state index >= 15 is 0 Å². The van der Waals surface area contributed by atoms with E-state index in [1.54, 1.807) is 0 Å². The van der Waals surface area contributed by atoms with E-state index in [9.17, 15) is 0 Å². The summed E-state index contributed by atoms with van der Waals surface area (Å²) in [5, 5.41) is 5.70. The van der Waals surface area contributed by atoms with E-state index in [0.717, 1.165) is 12.8 Å². The van der Waals surface area contributed by atoms with Gasteiger partial charge in [0, 0.05) is 0 Å². The zero-order valence-electron chi connectivity index (χ0n) is 17.3. The molecule has 0 unspecified atom stereocenters. The van der Waals surface area contributed by atoms with Gasteiger partial charge in [-0.2, -0.15) is 0 Å². The topological polar surface area (TPSA) is 0 Å². The second-order valence-electron chi connectivity index (χ2n) is 7.77. The highest BCUT2D eigenvalue weighted by molar-refractivity contribution is 6.13. The van der Waals surface area contributed by atoms with Crippen LogP contribution in [-0.4, -0.2) is 0 Å². The molecule has 0 aliphatic carbocycles. The van der Waals surface area contributed by atoms with E-state index in [2.05, 4.69) is 78.0 Å². The summed E-state index contributed by atoms with van der Waals surface area (Å²) < 4.78 is 0. The summed E-state index contributed by atoms with van der Waals surface area (Å²) >= 11 is 0. The number of hydrogen-bond acceptors (Lipinski definition) is 0. The van der Waals surface area contributed by atoms with Gasteiger partial charge in [-0.1, -0.05) is 56.7 Å². The lowest BCUT2D eigenvalue weighted by Gasteiger charge is -2.18. The lowest BCUT2D eigenvalue weighted by Crippen LogP contribution is -1.97. The van der Waals surface area contributed by atoms with Crippen LogP contribution in [0.3, 0.4) is 0 Å². The second-order valence-corrected chi connectivity index (χ2v) is 7.77. The van der Waals surface area contributed by atoms with Crippen LogP contribution >= 0.6 is 0 Å². The summed E-state index contributed by atoms with van der Waals surface area (Å²) in [4.78, 5) is 0. The van der Waals surface area contributed by atoms with Gasteiger partial charge in [0.05, 0.1) is 0 Å².